The Kier molecular flexibility index (Phi) is 3.55. The second kappa shape index (κ2) is 4.28. The quantitative estimate of drug-likeness (QED) is 0.369. The number of halogens is 2. The number of alkyl halides is 1. The lowest BCUT2D eigenvalue weighted by Gasteiger charge is -2.07. The van der Waals surface area contributed by atoms with Gasteiger partial charge in [-0.3, -0.25) is 4.79 Å². The van der Waals surface area contributed by atoms with Gasteiger partial charge in [-0.15, -0.1) is 0 Å². The Hall–Kier alpha value is -0.300. The van der Waals surface area contributed by atoms with Crippen molar-refractivity contribution < 1.29 is 4.79 Å². The Balaban J connectivity index is 3.26. The molecular formula is C8H8BrIN2O. The predicted molar refractivity (Wildman–Crippen MR) is 66.1 cm³/mol. The highest BCUT2D eigenvalue weighted by Gasteiger charge is 2.11. The molecule has 0 radical (unpaired) electrons. The standard InChI is InChI=1S/C8H8BrIN2O/c9-3-6(13)4-1-2-5(10)8(12)7(4)11/h1-2H,3,11-12H2. The minimum atomic E-state index is -0.0550. The number of ketones is 1. The van der Waals surface area contributed by atoms with E-state index < -0.39 is 0 Å². The highest BCUT2D eigenvalue weighted by Crippen LogP contribution is 2.26. The number of benzene rings is 1. The topological polar surface area (TPSA) is 69.1 Å². The van der Waals surface area contributed by atoms with Crippen LogP contribution in [-0.2, 0) is 0 Å². The van der Waals surface area contributed by atoms with Crippen molar-refractivity contribution in [3.8, 4) is 0 Å². The monoisotopic (exact) mass is 354 g/mol. The molecule has 0 fully saturated rings. The number of rotatable bonds is 2. The van der Waals surface area contributed by atoms with Crippen LogP contribution >= 0.6 is 38.5 Å². The molecule has 1 rings (SSSR count). The molecule has 0 atom stereocenters. The summed E-state index contributed by atoms with van der Waals surface area (Å²) >= 11 is 5.16. The molecule has 0 aliphatic heterocycles. The van der Waals surface area contributed by atoms with Gasteiger partial charge >= 0.3 is 0 Å². The van der Waals surface area contributed by atoms with Gasteiger partial charge in [-0.25, -0.2) is 0 Å². The van der Waals surface area contributed by atoms with Crippen LogP contribution in [0, 0.1) is 3.57 Å². The SMILES string of the molecule is Nc1c(I)ccc(C(=O)CBr)c1N. The molecule has 5 heteroatoms. The summed E-state index contributed by atoms with van der Waals surface area (Å²) in [4.78, 5) is 11.3. The smallest absolute Gasteiger partial charge is 0.175 e. The van der Waals surface area contributed by atoms with Crippen LogP contribution in [0.4, 0.5) is 11.4 Å². The zero-order valence-corrected chi connectivity index (χ0v) is 10.4. The molecule has 0 unspecified atom stereocenters. The molecule has 0 aromatic heterocycles. The average molecular weight is 355 g/mol. The third kappa shape index (κ3) is 2.14. The Labute approximate surface area is 98.1 Å². The van der Waals surface area contributed by atoms with Gasteiger partial charge in [0.15, 0.2) is 5.78 Å². The third-order valence-electron chi connectivity index (χ3n) is 1.66. The molecule has 0 heterocycles. The second-order valence-electron chi connectivity index (χ2n) is 2.48. The maximum absolute atomic E-state index is 11.3. The van der Waals surface area contributed by atoms with Gasteiger partial charge in [0.1, 0.15) is 0 Å². The van der Waals surface area contributed by atoms with Crippen molar-refractivity contribution in [3.63, 3.8) is 0 Å². The van der Waals surface area contributed by atoms with E-state index in [0.29, 0.717) is 16.9 Å². The molecule has 0 aliphatic rings. The molecule has 0 bridgehead atoms. The van der Waals surface area contributed by atoms with Crippen LogP contribution in [0.5, 0.6) is 0 Å². The minimum absolute atomic E-state index is 0.0550. The first-order chi connectivity index (χ1) is 6.07. The molecule has 1 aromatic carbocycles. The van der Waals surface area contributed by atoms with Crippen molar-refractivity contribution >= 4 is 55.7 Å². The second-order valence-corrected chi connectivity index (χ2v) is 4.20. The number of hydrogen-bond acceptors (Lipinski definition) is 3. The molecule has 70 valence electrons. The number of carbonyl (C=O) groups is 1. The Morgan fingerprint density at radius 1 is 1.38 bits per heavy atom. The maximum Gasteiger partial charge on any atom is 0.175 e. The van der Waals surface area contributed by atoms with Gasteiger partial charge < -0.3 is 11.5 Å². The van der Waals surface area contributed by atoms with Crippen LogP contribution in [0.15, 0.2) is 12.1 Å². The third-order valence-corrected chi connectivity index (χ3v) is 3.11. The highest BCUT2D eigenvalue weighted by atomic mass is 127. The normalized spacial score (nSPS) is 10.0. The van der Waals surface area contributed by atoms with Crippen molar-refractivity contribution in [1.29, 1.82) is 0 Å². The van der Waals surface area contributed by atoms with Gasteiger partial charge in [0.05, 0.1) is 16.7 Å². The lowest BCUT2D eigenvalue weighted by Crippen LogP contribution is -2.08. The maximum atomic E-state index is 11.3. The first kappa shape index (κ1) is 10.8. The molecule has 0 saturated carbocycles. The van der Waals surface area contributed by atoms with Crippen LogP contribution in [-0.4, -0.2) is 11.1 Å². The van der Waals surface area contributed by atoms with Crippen molar-refractivity contribution in [2.45, 2.75) is 0 Å². The van der Waals surface area contributed by atoms with Crippen molar-refractivity contribution in [2.75, 3.05) is 16.8 Å². The summed E-state index contributed by atoms with van der Waals surface area (Å²) in [6, 6.07) is 3.47. The van der Waals surface area contributed by atoms with E-state index in [4.69, 9.17) is 11.5 Å². The van der Waals surface area contributed by atoms with Gasteiger partial charge in [-0.2, -0.15) is 0 Å². The van der Waals surface area contributed by atoms with E-state index >= 15 is 0 Å². The predicted octanol–water partition coefficient (Wildman–Crippen LogP) is 2.03. The van der Waals surface area contributed by atoms with Gasteiger partial charge in [0, 0.05) is 9.13 Å². The summed E-state index contributed by atoms with van der Waals surface area (Å²) in [5.74, 6) is -0.0550. The van der Waals surface area contributed by atoms with Crippen LogP contribution < -0.4 is 11.5 Å². The summed E-state index contributed by atoms with van der Waals surface area (Å²) < 4.78 is 0.862. The first-order valence-electron chi connectivity index (χ1n) is 3.50. The summed E-state index contributed by atoms with van der Waals surface area (Å²) in [6.45, 7) is 0. The van der Waals surface area contributed by atoms with Gasteiger partial charge in [-0.1, -0.05) is 15.9 Å². The molecule has 0 saturated heterocycles. The number of nitrogens with two attached hydrogens (primary N) is 2. The van der Waals surface area contributed by atoms with E-state index in [-0.39, 0.29) is 11.1 Å². The van der Waals surface area contributed by atoms with E-state index in [9.17, 15) is 4.79 Å². The number of hydrogen-bond donors (Lipinski definition) is 2. The molecule has 13 heavy (non-hydrogen) atoms. The summed E-state index contributed by atoms with van der Waals surface area (Å²) in [5.41, 5.74) is 12.7. The largest absolute Gasteiger partial charge is 0.396 e. The number of nitrogen functional groups attached to an aromatic ring is 2. The zero-order chi connectivity index (χ0) is 10.0. The van der Waals surface area contributed by atoms with Crippen LogP contribution in [0.3, 0.4) is 0 Å². The fraction of sp³-hybridized carbons (Fsp3) is 0.125. The van der Waals surface area contributed by atoms with Crippen LogP contribution in [0.1, 0.15) is 10.4 Å². The van der Waals surface area contributed by atoms with E-state index in [1.54, 1.807) is 12.1 Å². The van der Waals surface area contributed by atoms with E-state index in [1.807, 2.05) is 0 Å². The minimum Gasteiger partial charge on any atom is -0.396 e. The van der Waals surface area contributed by atoms with E-state index in [2.05, 4.69) is 38.5 Å². The first-order valence-corrected chi connectivity index (χ1v) is 5.70. The summed E-state index contributed by atoms with van der Waals surface area (Å²) in [7, 11) is 0. The molecule has 3 nitrogen and oxygen atoms in total. The van der Waals surface area contributed by atoms with E-state index in [1.165, 1.54) is 0 Å². The molecule has 0 amide bonds. The lowest BCUT2D eigenvalue weighted by atomic mass is 10.1. The summed E-state index contributed by atoms with van der Waals surface area (Å²) in [6.07, 6.45) is 0. The number of Topliss-reactive ketones (excluding diaryl/α,β-unsaturated/α-hetero) is 1. The van der Waals surface area contributed by atoms with Crippen molar-refractivity contribution in [2.24, 2.45) is 0 Å². The van der Waals surface area contributed by atoms with Gasteiger partial charge in [-0.05, 0) is 34.7 Å². The van der Waals surface area contributed by atoms with Gasteiger partial charge in [0.25, 0.3) is 0 Å². The zero-order valence-electron chi connectivity index (χ0n) is 6.68. The Morgan fingerprint density at radius 2 is 2.00 bits per heavy atom. The van der Waals surface area contributed by atoms with Crippen molar-refractivity contribution in [3.05, 3.63) is 21.3 Å². The van der Waals surface area contributed by atoms with Crippen LogP contribution in [0.2, 0.25) is 0 Å². The molecule has 1 aromatic rings. The molecule has 4 N–H and O–H groups in total. The summed E-state index contributed by atoms with van der Waals surface area (Å²) in [5, 5.41) is 0.261. The highest BCUT2D eigenvalue weighted by molar-refractivity contribution is 14.1. The Bertz CT molecular complexity index is 354. The average Bonchev–Trinajstić information content (AvgIpc) is 2.13. The fourth-order valence-electron chi connectivity index (χ4n) is 0.925. The molecule has 0 spiro atoms. The molecular weight excluding hydrogens is 347 g/mol. The van der Waals surface area contributed by atoms with Crippen LogP contribution in [0.25, 0.3) is 0 Å². The van der Waals surface area contributed by atoms with Gasteiger partial charge in [0.2, 0.25) is 0 Å². The Morgan fingerprint density at radius 3 is 2.54 bits per heavy atom. The molecule has 0 aliphatic carbocycles. The van der Waals surface area contributed by atoms with E-state index in [0.717, 1.165) is 3.57 Å². The van der Waals surface area contributed by atoms with Crippen molar-refractivity contribution in [1.82, 2.24) is 0 Å². The number of carbonyl (C=O) groups excluding carboxylic acids is 1. The fourth-order valence-corrected chi connectivity index (χ4v) is 1.70. The lowest BCUT2D eigenvalue weighted by molar-refractivity contribution is 0.102. The number of anilines is 2.